The van der Waals surface area contributed by atoms with Crippen LogP contribution in [0.5, 0.6) is 5.75 Å². The maximum Gasteiger partial charge on any atom is 0.163 e. The van der Waals surface area contributed by atoms with E-state index in [9.17, 15) is 9.90 Å². The number of ketones is 1. The second kappa shape index (κ2) is 5.70. The molecule has 0 aromatic heterocycles. The zero-order valence-electron chi connectivity index (χ0n) is 11.3. The average molecular weight is 254 g/mol. The molecule has 0 spiro atoms. The molecule has 2 aromatic rings. The molecule has 2 rings (SSSR count). The van der Waals surface area contributed by atoms with Gasteiger partial charge in [-0.2, -0.15) is 0 Å². The molecule has 1 unspecified atom stereocenters. The third kappa shape index (κ3) is 3.22. The summed E-state index contributed by atoms with van der Waals surface area (Å²) in [5, 5.41) is 9.47. The van der Waals surface area contributed by atoms with Crippen molar-refractivity contribution < 1.29 is 9.90 Å². The lowest BCUT2D eigenvalue weighted by molar-refractivity contribution is 0.0975. The first-order valence-corrected chi connectivity index (χ1v) is 6.45. The molecule has 2 heteroatoms. The topological polar surface area (TPSA) is 37.3 Å². The first kappa shape index (κ1) is 13.3. The van der Waals surface area contributed by atoms with E-state index in [4.69, 9.17) is 0 Å². The summed E-state index contributed by atoms with van der Waals surface area (Å²) in [6.45, 7) is 3.85. The minimum atomic E-state index is 0.111. The third-order valence-corrected chi connectivity index (χ3v) is 3.38. The van der Waals surface area contributed by atoms with E-state index < -0.39 is 0 Å². The minimum absolute atomic E-state index is 0.111. The Balaban J connectivity index is 2.11. The van der Waals surface area contributed by atoms with E-state index in [1.807, 2.05) is 30.3 Å². The van der Waals surface area contributed by atoms with Crippen LogP contribution in [0.4, 0.5) is 0 Å². The fourth-order valence-corrected chi connectivity index (χ4v) is 2.12. The van der Waals surface area contributed by atoms with Gasteiger partial charge in [0.25, 0.3) is 0 Å². The van der Waals surface area contributed by atoms with Gasteiger partial charge in [-0.25, -0.2) is 0 Å². The fourth-order valence-electron chi connectivity index (χ4n) is 2.12. The van der Waals surface area contributed by atoms with Gasteiger partial charge in [-0.3, -0.25) is 4.79 Å². The van der Waals surface area contributed by atoms with Gasteiger partial charge in [0.1, 0.15) is 5.75 Å². The summed E-state index contributed by atoms with van der Waals surface area (Å²) in [6, 6.07) is 15.0. The summed E-state index contributed by atoms with van der Waals surface area (Å²) in [6.07, 6.45) is 0.480. The molecule has 1 N–H and O–H groups in total. The van der Waals surface area contributed by atoms with Crippen LogP contribution >= 0.6 is 0 Å². The SMILES string of the molecule is Cc1cc(C(=O)CC(C)c2ccccc2)ccc1O. The predicted molar refractivity (Wildman–Crippen MR) is 76.6 cm³/mol. The number of carbonyl (C=O) groups is 1. The zero-order chi connectivity index (χ0) is 13.8. The largest absolute Gasteiger partial charge is 0.508 e. The van der Waals surface area contributed by atoms with Crippen molar-refractivity contribution in [1.82, 2.24) is 0 Å². The molecule has 0 amide bonds. The maximum atomic E-state index is 12.2. The van der Waals surface area contributed by atoms with Gasteiger partial charge in [-0.1, -0.05) is 37.3 Å². The van der Waals surface area contributed by atoms with Crippen LogP contribution in [0.1, 0.15) is 40.7 Å². The lowest BCUT2D eigenvalue weighted by Gasteiger charge is -2.11. The summed E-state index contributed by atoms with van der Waals surface area (Å²) < 4.78 is 0. The van der Waals surface area contributed by atoms with Crippen LogP contribution in [0.15, 0.2) is 48.5 Å². The number of benzene rings is 2. The van der Waals surface area contributed by atoms with Crippen molar-refractivity contribution in [3.05, 3.63) is 65.2 Å². The van der Waals surface area contributed by atoms with E-state index >= 15 is 0 Å². The van der Waals surface area contributed by atoms with Gasteiger partial charge in [0, 0.05) is 12.0 Å². The van der Waals surface area contributed by atoms with Crippen molar-refractivity contribution >= 4 is 5.78 Å². The molecule has 0 aliphatic heterocycles. The van der Waals surface area contributed by atoms with E-state index in [2.05, 4.69) is 6.92 Å². The third-order valence-electron chi connectivity index (χ3n) is 3.38. The molecule has 0 aliphatic carbocycles. The molecule has 0 heterocycles. The molecule has 2 nitrogen and oxygen atoms in total. The molecule has 0 radical (unpaired) electrons. The molecule has 1 atom stereocenters. The van der Waals surface area contributed by atoms with Gasteiger partial charge in [-0.05, 0) is 42.2 Å². The number of rotatable bonds is 4. The standard InChI is InChI=1S/C17H18O2/c1-12(14-6-4-3-5-7-14)11-17(19)15-8-9-16(18)13(2)10-15/h3-10,12,18H,11H2,1-2H3. The average Bonchev–Trinajstić information content (AvgIpc) is 2.42. The van der Waals surface area contributed by atoms with Crippen LogP contribution in [-0.4, -0.2) is 10.9 Å². The van der Waals surface area contributed by atoms with Gasteiger partial charge in [-0.15, -0.1) is 0 Å². The van der Waals surface area contributed by atoms with Crippen LogP contribution in [0.2, 0.25) is 0 Å². The first-order valence-electron chi connectivity index (χ1n) is 6.45. The van der Waals surface area contributed by atoms with E-state index in [0.29, 0.717) is 12.0 Å². The van der Waals surface area contributed by atoms with Gasteiger partial charge >= 0.3 is 0 Å². The summed E-state index contributed by atoms with van der Waals surface area (Å²) in [5.41, 5.74) is 2.57. The van der Waals surface area contributed by atoms with E-state index in [1.54, 1.807) is 25.1 Å². The predicted octanol–water partition coefficient (Wildman–Crippen LogP) is 4.08. The number of carbonyl (C=O) groups excluding carboxylic acids is 1. The maximum absolute atomic E-state index is 12.2. The highest BCUT2D eigenvalue weighted by molar-refractivity contribution is 5.96. The Hall–Kier alpha value is -2.09. The molecule has 0 aliphatic rings. The Labute approximate surface area is 113 Å². The summed E-state index contributed by atoms with van der Waals surface area (Å²) >= 11 is 0. The fraction of sp³-hybridized carbons (Fsp3) is 0.235. The normalized spacial score (nSPS) is 12.1. The second-order valence-corrected chi connectivity index (χ2v) is 4.94. The number of hydrogen-bond acceptors (Lipinski definition) is 2. The van der Waals surface area contributed by atoms with Crippen LogP contribution in [0.3, 0.4) is 0 Å². The van der Waals surface area contributed by atoms with Crippen LogP contribution in [0, 0.1) is 6.92 Å². The van der Waals surface area contributed by atoms with Crippen molar-refractivity contribution in [3.63, 3.8) is 0 Å². The van der Waals surface area contributed by atoms with Crippen molar-refractivity contribution in [2.45, 2.75) is 26.2 Å². The van der Waals surface area contributed by atoms with Crippen molar-refractivity contribution in [3.8, 4) is 5.75 Å². The number of Topliss-reactive ketones (excluding diaryl/α,β-unsaturated/α-hetero) is 1. The number of aromatic hydroxyl groups is 1. The molecule has 98 valence electrons. The quantitative estimate of drug-likeness (QED) is 0.835. The van der Waals surface area contributed by atoms with E-state index in [1.165, 1.54) is 5.56 Å². The monoisotopic (exact) mass is 254 g/mol. The number of aryl methyl sites for hydroxylation is 1. The molecular formula is C17H18O2. The number of phenols is 1. The summed E-state index contributed by atoms with van der Waals surface area (Å²) in [7, 11) is 0. The Morgan fingerprint density at radius 2 is 1.84 bits per heavy atom. The van der Waals surface area contributed by atoms with E-state index in [-0.39, 0.29) is 17.5 Å². The summed E-state index contributed by atoms with van der Waals surface area (Å²) in [5.74, 6) is 0.537. The highest BCUT2D eigenvalue weighted by Crippen LogP contribution is 2.23. The molecular weight excluding hydrogens is 236 g/mol. The molecule has 0 saturated carbocycles. The lowest BCUT2D eigenvalue weighted by atomic mass is 9.93. The van der Waals surface area contributed by atoms with Crippen molar-refractivity contribution in [2.24, 2.45) is 0 Å². The number of phenolic OH excluding ortho intramolecular Hbond substituents is 1. The van der Waals surface area contributed by atoms with Gasteiger partial charge in [0.2, 0.25) is 0 Å². The van der Waals surface area contributed by atoms with Gasteiger partial charge in [0.05, 0.1) is 0 Å². The Morgan fingerprint density at radius 1 is 1.16 bits per heavy atom. The minimum Gasteiger partial charge on any atom is -0.508 e. The Bertz CT molecular complexity index is 573. The smallest absolute Gasteiger partial charge is 0.163 e. The van der Waals surface area contributed by atoms with Crippen molar-refractivity contribution in [2.75, 3.05) is 0 Å². The van der Waals surface area contributed by atoms with Crippen molar-refractivity contribution in [1.29, 1.82) is 0 Å². The zero-order valence-corrected chi connectivity index (χ0v) is 11.3. The highest BCUT2D eigenvalue weighted by Gasteiger charge is 2.13. The Morgan fingerprint density at radius 3 is 2.47 bits per heavy atom. The molecule has 2 aromatic carbocycles. The van der Waals surface area contributed by atoms with Gasteiger partial charge in [0.15, 0.2) is 5.78 Å². The lowest BCUT2D eigenvalue weighted by Crippen LogP contribution is -2.05. The first-order chi connectivity index (χ1) is 9.08. The highest BCUT2D eigenvalue weighted by atomic mass is 16.3. The molecule has 0 saturated heterocycles. The summed E-state index contributed by atoms with van der Waals surface area (Å²) in [4.78, 5) is 12.2. The molecule has 0 bridgehead atoms. The number of hydrogen-bond donors (Lipinski definition) is 1. The van der Waals surface area contributed by atoms with Crippen LogP contribution < -0.4 is 0 Å². The Kier molecular flexibility index (Phi) is 4.00. The van der Waals surface area contributed by atoms with E-state index in [0.717, 1.165) is 5.56 Å². The molecule has 0 fully saturated rings. The second-order valence-electron chi connectivity index (χ2n) is 4.94. The molecule has 19 heavy (non-hydrogen) atoms. The van der Waals surface area contributed by atoms with Crippen LogP contribution in [0.25, 0.3) is 0 Å². The van der Waals surface area contributed by atoms with Gasteiger partial charge < -0.3 is 5.11 Å². The van der Waals surface area contributed by atoms with Crippen LogP contribution in [-0.2, 0) is 0 Å².